The van der Waals surface area contributed by atoms with Gasteiger partial charge in [0.25, 0.3) is 0 Å². The van der Waals surface area contributed by atoms with Crippen LogP contribution in [0.25, 0.3) is 0 Å². The predicted octanol–water partition coefficient (Wildman–Crippen LogP) is 3.10. The molecule has 0 heterocycles. The van der Waals surface area contributed by atoms with Crippen LogP contribution in [0.15, 0.2) is 24.3 Å². The van der Waals surface area contributed by atoms with E-state index < -0.39 is 0 Å². The maximum absolute atomic E-state index is 11.1. The fraction of sp³-hybridized carbons (Fsp3) is 0.462. The topological polar surface area (TPSA) is 32.3 Å². The molecule has 0 aromatic heterocycles. The van der Waals surface area contributed by atoms with Crippen LogP contribution in [0.2, 0.25) is 0 Å². The van der Waals surface area contributed by atoms with E-state index in [0.29, 0.717) is 6.04 Å². The molecule has 0 spiro atoms. The smallest absolute Gasteiger partial charge is 0.239 e. The van der Waals surface area contributed by atoms with E-state index in [4.69, 9.17) is 11.6 Å². The maximum Gasteiger partial charge on any atom is 0.239 e. The van der Waals surface area contributed by atoms with Crippen molar-refractivity contribution < 1.29 is 4.79 Å². The average Bonchev–Trinajstić information content (AvgIpc) is 2.31. The van der Waals surface area contributed by atoms with E-state index in [9.17, 15) is 4.79 Å². The van der Waals surface area contributed by atoms with Gasteiger partial charge in [0.1, 0.15) is 5.88 Å². The first kappa shape index (κ1) is 13.8. The van der Waals surface area contributed by atoms with Gasteiger partial charge < -0.3 is 10.2 Å². The minimum absolute atomic E-state index is 0.0190. The Morgan fingerprint density at radius 2 is 1.94 bits per heavy atom. The lowest BCUT2D eigenvalue weighted by molar-refractivity contribution is -0.113. The van der Waals surface area contributed by atoms with Crippen molar-refractivity contribution in [3.05, 3.63) is 24.3 Å². The SMILES string of the molecule is CCN(c1ccc(NC(=O)CCl)cc1)C(C)C. The fourth-order valence-corrected chi connectivity index (χ4v) is 1.84. The van der Waals surface area contributed by atoms with Crippen LogP contribution in [-0.2, 0) is 4.79 Å². The highest BCUT2D eigenvalue weighted by Gasteiger charge is 2.08. The molecule has 0 aliphatic rings. The van der Waals surface area contributed by atoms with Gasteiger partial charge in [0.05, 0.1) is 0 Å². The normalized spacial score (nSPS) is 10.4. The van der Waals surface area contributed by atoms with Gasteiger partial charge in [0.2, 0.25) is 5.91 Å². The highest BCUT2D eigenvalue weighted by atomic mass is 35.5. The number of benzene rings is 1. The Bertz CT molecular complexity index is 362. The van der Waals surface area contributed by atoms with E-state index in [0.717, 1.165) is 17.9 Å². The Morgan fingerprint density at radius 3 is 2.35 bits per heavy atom. The van der Waals surface area contributed by atoms with Crippen molar-refractivity contribution in [3.63, 3.8) is 0 Å². The molecule has 0 fully saturated rings. The zero-order valence-electron chi connectivity index (χ0n) is 10.5. The van der Waals surface area contributed by atoms with Crippen LogP contribution in [0.1, 0.15) is 20.8 Å². The second-order valence-corrected chi connectivity index (χ2v) is 4.38. The van der Waals surface area contributed by atoms with Gasteiger partial charge in [-0.15, -0.1) is 11.6 Å². The van der Waals surface area contributed by atoms with Crippen molar-refractivity contribution in [1.29, 1.82) is 0 Å². The number of carbonyl (C=O) groups excluding carboxylic acids is 1. The molecule has 0 saturated carbocycles. The summed E-state index contributed by atoms with van der Waals surface area (Å²) in [6.45, 7) is 7.41. The highest BCUT2D eigenvalue weighted by molar-refractivity contribution is 6.29. The lowest BCUT2D eigenvalue weighted by Crippen LogP contribution is -2.30. The quantitative estimate of drug-likeness (QED) is 0.819. The second-order valence-electron chi connectivity index (χ2n) is 4.11. The number of alkyl halides is 1. The van der Waals surface area contributed by atoms with Crippen molar-refractivity contribution >= 4 is 28.9 Å². The van der Waals surface area contributed by atoms with Gasteiger partial charge in [-0.2, -0.15) is 0 Å². The zero-order chi connectivity index (χ0) is 12.8. The zero-order valence-corrected chi connectivity index (χ0v) is 11.3. The van der Waals surface area contributed by atoms with Gasteiger partial charge in [0, 0.05) is 24.0 Å². The summed E-state index contributed by atoms with van der Waals surface area (Å²) in [5, 5.41) is 2.72. The molecule has 0 atom stereocenters. The number of amides is 1. The van der Waals surface area contributed by atoms with E-state index in [1.807, 2.05) is 24.3 Å². The molecule has 1 rings (SSSR count). The predicted molar refractivity (Wildman–Crippen MR) is 73.9 cm³/mol. The minimum atomic E-state index is -0.185. The molecule has 4 heteroatoms. The van der Waals surface area contributed by atoms with Gasteiger partial charge in [-0.1, -0.05) is 0 Å². The van der Waals surface area contributed by atoms with Gasteiger partial charge in [-0.25, -0.2) is 0 Å². The molecular formula is C13H19ClN2O. The summed E-state index contributed by atoms with van der Waals surface area (Å²) in [6, 6.07) is 8.26. The first-order valence-corrected chi connectivity index (χ1v) is 6.34. The number of carbonyl (C=O) groups is 1. The maximum atomic E-state index is 11.1. The molecule has 0 bridgehead atoms. The lowest BCUT2D eigenvalue weighted by Gasteiger charge is -2.27. The van der Waals surface area contributed by atoms with Crippen LogP contribution in [-0.4, -0.2) is 24.4 Å². The molecular weight excluding hydrogens is 236 g/mol. The van der Waals surface area contributed by atoms with Gasteiger partial charge in [-0.3, -0.25) is 4.79 Å². The van der Waals surface area contributed by atoms with Crippen molar-refractivity contribution in [2.75, 3.05) is 22.6 Å². The Kier molecular flexibility index (Phi) is 5.29. The van der Waals surface area contributed by atoms with E-state index in [1.54, 1.807) is 0 Å². The number of nitrogens with one attached hydrogen (secondary N) is 1. The van der Waals surface area contributed by atoms with Crippen LogP contribution in [0.5, 0.6) is 0 Å². The van der Waals surface area contributed by atoms with Crippen LogP contribution < -0.4 is 10.2 Å². The van der Waals surface area contributed by atoms with Gasteiger partial charge in [0.15, 0.2) is 0 Å². The number of rotatable bonds is 5. The Morgan fingerprint density at radius 1 is 1.35 bits per heavy atom. The molecule has 0 aliphatic heterocycles. The molecule has 1 N–H and O–H groups in total. The number of nitrogens with zero attached hydrogens (tertiary/aromatic N) is 1. The minimum Gasteiger partial charge on any atom is -0.369 e. The Hall–Kier alpha value is -1.22. The molecule has 0 aliphatic carbocycles. The molecule has 0 unspecified atom stereocenters. The molecule has 0 radical (unpaired) electrons. The van der Waals surface area contributed by atoms with E-state index in [-0.39, 0.29) is 11.8 Å². The third kappa shape index (κ3) is 3.93. The summed E-state index contributed by atoms with van der Waals surface area (Å²) in [5.74, 6) is -0.204. The first-order valence-electron chi connectivity index (χ1n) is 5.81. The van der Waals surface area contributed by atoms with E-state index in [1.165, 1.54) is 0 Å². The molecule has 1 amide bonds. The molecule has 0 saturated heterocycles. The van der Waals surface area contributed by atoms with Crippen LogP contribution in [0.3, 0.4) is 0 Å². The molecule has 94 valence electrons. The summed E-state index contributed by atoms with van der Waals surface area (Å²) in [7, 11) is 0. The van der Waals surface area contributed by atoms with Crippen molar-refractivity contribution in [2.45, 2.75) is 26.8 Å². The van der Waals surface area contributed by atoms with Crippen LogP contribution in [0, 0.1) is 0 Å². The van der Waals surface area contributed by atoms with E-state index in [2.05, 4.69) is 31.0 Å². The number of hydrogen-bond donors (Lipinski definition) is 1. The van der Waals surface area contributed by atoms with Crippen molar-refractivity contribution in [1.82, 2.24) is 0 Å². The second kappa shape index (κ2) is 6.50. The first-order chi connectivity index (χ1) is 8.08. The molecule has 3 nitrogen and oxygen atoms in total. The number of hydrogen-bond acceptors (Lipinski definition) is 2. The Balaban J connectivity index is 2.76. The molecule has 1 aromatic carbocycles. The molecule has 1 aromatic rings. The summed E-state index contributed by atoms with van der Waals surface area (Å²) < 4.78 is 0. The number of anilines is 2. The number of halogens is 1. The largest absolute Gasteiger partial charge is 0.369 e. The summed E-state index contributed by atoms with van der Waals surface area (Å²) >= 11 is 5.43. The van der Waals surface area contributed by atoms with Crippen LogP contribution in [0.4, 0.5) is 11.4 Å². The van der Waals surface area contributed by atoms with Gasteiger partial charge in [-0.05, 0) is 45.0 Å². The molecule has 17 heavy (non-hydrogen) atoms. The standard InChI is InChI=1S/C13H19ClN2O/c1-4-16(10(2)3)12-7-5-11(6-8-12)15-13(17)9-14/h5-8,10H,4,9H2,1-3H3,(H,15,17). The third-order valence-electron chi connectivity index (χ3n) is 2.57. The summed E-state index contributed by atoms with van der Waals surface area (Å²) in [5.41, 5.74) is 1.94. The Labute approximate surface area is 108 Å². The average molecular weight is 255 g/mol. The van der Waals surface area contributed by atoms with Gasteiger partial charge >= 0.3 is 0 Å². The fourth-order valence-electron chi connectivity index (χ4n) is 1.78. The highest BCUT2D eigenvalue weighted by Crippen LogP contribution is 2.19. The monoisotopic (exact) mass is 254 g/mol. The lowest BCUT2D eigenvalue weighted by atomic mass is 10.2. The van der Waals surface area contributed by atoms with E-state index >= 15 is 0 Å². The van der Waals surface area contributed by atoms with Crippen molar-refractivity contribution in [3.8, 4) is 0 Å². The third-order valence-corrected chi connectivity index (χ3v) is 2.81. The summed E-state index contributed by atoms with van der Waals surface area (Å²) in [6.07, 6.45) is 0. The van der Waals surface area contributed by atoms with Crippen molar-refractivity contribution in [2.24, 2.45) is 0 Å². The van der Waals surface area contributed by atoms with Crippen LogP contribution >= 0.6 is 11.6 Å². The summed E-state index contributed by atoms with van der Waals surface area (Å²) in [4.78, 5) is 13.4.